The van der Waals surface area contributed by atoms with Crippen molar-refractivity contribution in [3.8, 4) is 0 Å². The quantitative estimate of drug-likeness (QED) is 0.861. The van der Waals surface area contributed by atoms with Crippen LogP contribution in [0.1, 0.15) is 12.8 Å². The molecule has 0 bridgehead atoms. The third-order valence-electron chi connectivity index (χ3n) is 3.41. The predicted octanol–water partition coefficient (Wildman–Crippen LogP) is 4.51. The first kappa shape index (κ1) is 14.4. The fourth-order valence-electron chi connectivity index (χ4n) is 2.22. The number of rotatable bonds is 3. The minimum atomic E-state index is 0.669. The molecule has 0 radical (unpaired) electrons. The van der Waals surface area contributed by atoms with E-state index < -0.39 is 0 Å². The Morgan fingerprint density at radius 1 is 1.28 bits per heavy atom. The van der Waals surface area contributed by atoms with Gasteiger partial charge in [0.25, 0.3) is 0 Å². The SMILES string of the molecule is CN1CCC(CNc2c(Cl)cc(Br)cc2Cl)CC1. The second kappa shape index (κ2) is 6.47. The summed E-state index contributed by atoms with van der Waals surface area (Å²) in [6.07, 6.45) is 2.46. The monoisotopic (exact) mass is 350 g/mol. The second-order valence-electron chi connectivity index (χ2n) is 4.87. The van der Waals surface area contributed by atoms with Crippen molar-refractivity contribution in [2.45, 2.75) is 12.8 Å². The highest BCUT2D eigenvalue weighted by molar-refractivity contribution is 9.10. The summed E-state index contributed by atoms with van der Waals surface area (Å²) in [5, 5.41) is 4.73. The molecule has 1 saturated heterocycles. The van der Waals surface area contributed by atoms with Gasteiger partial charge in [0.15, 0.2) is 0 Å². The van der Waals surface area contributed by atoms with Crippen LogP contribution in [0.5, 0.6) is 0 Å². The van der Waals surface area contributed by atoms with Crippen LogP contribution in [0.4, 0.5) is 5.69 Å². The third-order valence-corrected chi connectivity index (χ3v) is 4.47. The summed E-state index contributed by atoms with van der Waals surface area (Å²) in [4.78, 5) is 2.37. The molecule has 0 unspecified atom stereocenters. The van der Waals surface area contributed by atoms with Crippen molar-refractivity contribution in [1.82, 2.24) is 4.90 Å². The van der Waals surface area contributed by atoms with E-state index in [0.29, 0.717) is 16.0 Å². The largest absolute Gasteiger partial charge is 0.382 e. The lowest BCUT2D eigenvalue weighted by molar-refractivity contribution is 0.226. The van der Waals surface area contributed by atoms with Crippen LogP contribution in [-0.2, 0) is 0 Å². The fourth-order valence-corrected chi connectivity index (χ4v) is 3.57. The minimum Gasteiger partial charge on any atom is -0.382 e. The predicted molar refractivity (Wildman–Crippen MR) is 82.9 cm³/mol. The molecule has 1 aromatic rings. The molecule has 0 aromatic heterocycles. The molecule has 0 aliphatic carbocycles. The molecule has 1 aliphatic heterocycles. The van der Waals surface area contributed by atoms with E-state index in [4.69, 9.17) is 23.2 Å². The molecule has 1 aromatic carbocycles. The van der Waals surface area contributed by atoms with Crippen LogP contribution in [0.25, 0.3) is 0 Å². The summed E-state index contributed by atoms with van der Waals surface area (Å²) >= 11 is 15.8. The Labute approximate surface area is 127 Å². The van der Waals surface area contributed by atoms with Crippen molar-refractivity contribution < 1.29 is 0 Å². The standard InChI is InChI=1S/C13H17BrCl2N2/c1-18-4-2-9(3-5-18)8-17-13-11(15)6-10(14)7-12(13)16/h6-7,9,17H,2-5,8H2,1H3. The molecule has 18 heavy (non-hydrogen) atoms. The highest BCUT2D eigenvalue weighted by Gasteiger charge is 2.17. The van der Waals surface area contributed by atoms with Crippen molar-refractivity contribution >= 4 is 44.8 Å². The van der Waals surface area contributed by atoms with Crippen LogP contribution < -0.4 is 5.32 Å². The molecule has 0 amide bonds. The van der Waals surface area contributed by atoms with E-state index in [1.807, 2.05) is 12.1 Å². The first-order chi connectivity index (χ1) is 8.56. The molecule has 1 fully saturated rings. The Morgan fingerprint density at radius 3 is 2.39 bits per heavy atom. The number of hydrogen-bond donors (Lipinski definition) is 1. The topological polar surface area (TPSA) is 15.3 Å². The molecule has 2 nitrogen and oxygen atoms in total. The van der Waals surface area contributed by atoms with E-state index in [1.54, 1.807) is 0 Å². The van der Waals surface area contributed by atoms with Crippen molar-refractivity contribution in [2.24, 2.45) is 5.92 Å². The van der Waals surface area contributed by atoms with Crippen LogP contribution in [-0.4, -0.2) is 31.6 Å². The van der Waals surface area contributed by atoms with E-state index in [2.05, 4.69) is 33.2 Å². The van der Waals surface area contributed by atoms with Gasteiger partial charge in [-0.15, -0.1) is 0 Å². The molecule has 2 rings (SSSR count). The van der Waals surface area contributed by atoms with Crippen molar-refractivity contribution in [1.29, 1.82) is 0 Å². The number of hydrogen-bond acceptors (Lipinski definition) is 2. The maximum absolute atomic E-state index is 6.19. The first-order valence-electron chi connectivity index (χ1n) is 6.13. The Kier molecular flexibility index (Phi) is 5.19. The molecule has 1 heterocycles. The number of nitrogens with zero attached hydrogens (tertiary/aromatic N) is 1. The van der Waals surface area contributed by atoms with Crippen LogP contribution >= 0.6 is 39.1 Å². The van der Waals surface area contributed by atoms with Gasteiger partial charge >= 0.3 is 0 Å². The summed E-state index contributed by atoms with van der Waals surface area (Å²) in [6.45, 7) is 3.29. The van der Waals surface area contributed by atoms with Crippen LogP contribution in [0.15, 0.2) is 16.6 Å². The smallest absolute Gasteiger partial charge is 0.0719 e. The Balaban J connectivity index is 1.94. The number of piperidine rings is 1. The normalized spacial score (nSPS) is 18.0. The van der Waals surface area contributed by atoms with Gasteiger partial charge in [0, 0.05) is 11.0 Å². The van der Waals surface area contributed by atoms with E-state index in [-0.39, 0.29) is 0 Å². The molecular weight excluding hydrogens is 335 g/mol. The zero-order valence-corrected chi connectivity index (χ0v) is 13.4. The van der Waals surface area contributed by atoms with E-state index in [9.17, 15) is 0 Å². The lowest BCUT2D eigenvalue weighted by Crippen LogP contribution is -2.33. The van der Waals surface area contributed by atoms with Gasteiger partial charge in [0.05, 0.1) is 15.7 Å². The summed E-state index contributed by atoms with van der Waals surface area (Å²) in [6, 6.07) is 3.73. The highest BCUT2D eigenvalue weighted by atomic mass is 79.9. The van der Waals surface area contributed by atoms with E-state index >= 15 is 0 Å². The number of halogens is 3. The van der Waals surface area contributed by atoms with E-state index in [0.717, 1.165) is 16.7 Å². The Bertz CT molecular complexity index is 394. The Hall–Kier alpha value is 0.0400. The summed E-state index contributed by atoms with van der Waals surface area (Å²) in [5.41, 5.74) is 0.848. The van der Waals surface area contributed by atoms with Crippen molar-refractivity contribution in [3.05, 3.63) is 26.7 Å². The first-order valence-corrected chi connectivity index (χ1v) is 7.68. The van der Waals surface area contributed by atoms with Crippen molar-refractivity contribution in [3.63, 3.8) is 0 Å². The van der Waals surface area contributed by atoms with Gasteiger partial charge in [-0.05, 0) is 51.0 Å². The number of anilines is 1. The Morgan fingerprint density at radius 2 is 1.83 bits per heavy atom. The average molecular weight is 352 g/mol. The number of nitrogens with one attached hydrogen (secondary N) is 1. The summed E-state index contributed by atoms with van der Waals surface area (Å²) < 4.78 is 0.905. The number of benzene rings is 1. The number of likely N-dealkylation sites (tertiary alicyclic amines) is 1. The molecule has 0 atom stereocenters. The zero-order valence-electron chi connectivity index (χ0n) is 10.3. The van der Waals surface area contributed by atoms with Gasteiger partial charge < -0.3 is 10.2 Å². The maximum Gasteiger partial charge on any atom is 0.0719 e. The average Bonchev–Trinajstić information content (AvgIpc) is 2.30. The van der Waals surface area contributed by atoms with Gasteiger partial charge in [0.2, 0.25) is 0 Å². The fraction of sp³-hybridized carbons (Fsp3) is 0.538. The molecule has 1 N–H and O–H groups in total. The van der Waals surface area contributed by atoms with E-state index in [1.165, 1.54) is 25.9 Å². The van der Waals surface area contributed by atoms with Gasteiger partial charge in [-0.3, -0.25) is 0 Å². The zero-order chi connectivity index (χ0) is 13.1. The molecule has 100 valence electrons. The molecular formula is C13H17BrCl2N2. The minimum absolute atomic E-state index is 0.669. The molecule has 0 saturated carbocycles. The van der Waals surface area contributed by atoms with Gasteiger partial charge in [-0.1, -0.05) is 39.1 Å². The lowest BCUT2D eigenvalue weighted by Gasteiger charge is -2.29. The maximum atomic E-state index is 6.19. The van der Waals surface area contributed by atoms with Crippen LogP contribution in [0.3, 0.4) is 0 Å². The molecule has 0 spiro atoms. The summed E-state index contributed by atoms with van der Waals surface area (Å²) in [5.74, 6) is 0.706. The highest BCUT2D eigenvalue weighted by Crippen LogP contribution is 2.34. The summed E-state index contributed by atoms with van der Waals surface area (Å²) in [7, 11) is 2.17. The van der Waals surface area contributed by atoms with Gasteiger partial charge in [-0.2, -0.15) is 0 Å². The van der Waals surface area contributed by atoms with Crippen LogP contribution in [0.2, 0.25) is 10.0 Å². The molecule has 5 heteroatoms. The lowest BCUT2D eigenvalue weighted by atomic mass is 9.97. The van der Waals surface area contributed by atoms with Gasteiger partial charge in [-0.25, -0.2) is 0 Å². The molecule has 1 aliphatic rings. The third kappa shape index (κ3) is 3.77. The van der Waals surface area contributed by atoms with Gasteiger partial charge in [0.1, 0.15) is 0 Å². The van der Waals surface area contributed by atoms with Crippen LogP contribution in [0, 0.1) is 5.92 Å². The van der Waals surface area contributed by atoms with Crippen molar-refractivity contribution in [2.75, 3.05) is 32.0 Å². The second-order valence-corrected chi connectivity index (χ2v) is 6.60.